The zero-order valence-corrected chi connectivity index (χ0v) is 11.6. The van der Waals surface area contributed by atoms with Gasteiger partial charge in [-0.3, -0.25) is 14.5 Å². The van der Waals surface area contributed by atoms with E-state index in [1.165, 1.54) is 38.2 Å². The molecule has 0 bridgehead atoms. The number of hydrogen-bond acceptors (Lipinski definition) is 6. The van der Waals surface area contributed by atoms with Crippen molar-refractivity contribution in [2.24, 2.45) is 5.92 Å². The molecule has 0 aliphatic carbocycles. The quantitative estimate of drug-likeness (QED) is 0.823. The van der Waals surface area contributed by atoms with Gasteiger partial charge in [-0.05, 0) is 5.92 Å². The van der Waals surface area contributed by atoms with Gasteiger partial charge in [0, 0.05) is 25.6 Å². The van der Waals surface area contributed by atoms with E-state index in [0.29, 0.717) is 30.4 Å². The summed E-state index contributed by atoms with van der Waals surface area (Å²) in [4.78, 5) is 32.7. The van der Waals surface area contributed by atoms with E-state index in [-0.39, 0.29) is 16.9 Å². The number of amides is 1. The minimum atomic E-state index is 0.0219. The lowest BCUT2D eigenvalue weighted by atomic mass is 10.1. The van der Waals surface area contributed by atoms with Crippen LogP contribution in [0.1, 0.15) is 13.3 Å². The molecule has 1 saturated heterocycles. The van der Waals surface area contributed by atoms with Crippen LogP contribution in [0.2, 0.25) is 0 Å². The van der Waals surface area contributed by atoms with Gasteiger partial charge < -0.3 is 4.74 Å². The van der Waals surface area contributed by atoms with Gasteiger partial charge in [0.1, 0.15) is 0 Å². The number of carbonyl (C=O) groups is 2. The summed E-state index contributed by atoms with van der Waals surface area (Å²) in [7, 11) is 1.51. The lowest BCUT2D eigenvalue weighted by molar-refractivity contribution is -0.117. The number of anilines is 1. The van der Waals surface area contributed by atoms with E-state index < -0.39 is 0 Å². The summed E-state index contributed by atoms with van der Waals surface area (Å²) in [5, 5.41) is 0.0788. The first-order valence-electron chi connectivity index (χ1n) is 5.90. The fraction of sp³-hybridized carbons (Fsp3) is 0.500. The number of hydrogen-bond donors (Lipinski definition) is 0. The summed E-state index contributed by atoms with van der Waals surface area (Å²) in [6.45, 7) is 2.12. The maximum Gasteiger partial charge on any atom is 0.232 e. The van der Waals surface area contributed by atoms with Gasteiger partial charge in [-0.15, -0.1) is 0 Å². The lowest BCUT2D eigenvalue weighted by Crippen LogP contribution is -2.25. The van der Waals surface area contributed by atoms with E-state index in [9.17, 15) is 9.59 Å². The first-order chi connectivity index (χ1) is 9.10. The van der Waals surface area contributed by atoms with Crippen molar-refractivity contribution < 1.29 is 14.3 Å². The second-order valence-corrected chi connectivity index (χ2v) is 5.49. The number of rotatable bonds is 4. The van der Waals surface area contributed by atoms with Crippen molar-refractivity contribution in [2.45, 2.75) is 13.3 Å². The molecule has 0 N–H and O–H groups in total. The van der Waals surface area contributed by atoms with Crippen molar-refractivity contribution in [1.82, 2.24) is 9.97 Å². The summed E-state index contributed by atoms with van der Waals surface area (Å²) in [5.74, 6) is 1.82. The summed E-state index contributed by atoms with van der Waals surface area (Å²) >= 11 is 1.26. The van der Waals surface area contributed by atoms with Gasteiger partial charge in [0.25, 0.3) is 0 Å². The third kappa shape index (κ3) is 3.44. The highest BCUT2D eigenvalue weighted by Gasteiger charge is 2.31. The number of nitrogens with zero attached hydrogens (tertiary/aromatic N) is 3. The average Bonchev–Trinajstić information content (AvgIpc) is 2.78. The fourth-order valence-corrected chi connectivity index (χ4v) is 2.60. The van der Waals surface area contributed by atoms with Crippen molar-refractivity contribution in [3.05, 3.63) is 12.4 Å². The molecular weight excluding hydrogens is 266 g/mol. The van der Waals surface area contributed by atoms with Crippen molar-refractivity contribution in [2.75, 3.05) is 24.3 Å². The molecule has 102 valence electrons. The smallest absolute Gasteiger partial charge is 0.232 e. The molecule has 2 rings (SSSR count). The van der Waals surface area contributed by atoms with Crippen LogP contribution in [-0.2, 0) is 9.59 Å². The molecule has 0 spiro atoms. The van der Waals surface area contributed by atoms with Crippen LogP contribution in [0.3, 0.4) is 0 Å². The van der Waals surface area contributed by atoms with Gasteiger partial charge in [0.15, 0.2) is 10.9 Å². The van der Waals surface area contributed by atoms with E-state index in [0.717, 1.165) is 0 Å². The second-order valence-electron chi connectivity index (χ2n) is 4.29. The molecule has 1 atom stereocenters. The third-order valence-electron chi connectivity index (χ3n) is 2.83. The zero-order valence-electron chi connectivity index (χ0n) is 10.8. The van der Waals surface area contributed by atoms with Crippen LogP contribution in [0, 0.1) is 5.92 Å². The van der Waals surface area contributed by atoms with E-state index in [4.69, 9.17) is 4.74 Å². The van der Waals surface area contributed by atoms with Gasteiger partial charge in [-0.1, -0.05) is 11.8 Å². The number of thioether (sulfide) groups is 1. The molecule has 1 aromatic heterocycles. The molecule has 0 radical (unpaired) electrons. The fourth-order valence-electron chi connectivity index (χ4n) is 1.90. The van der Waals surface area contributed by atoms with Gasteiger partial charge in [0.05, 0.1) is 19.5 Å². The predicted octanol–water partition coefficient (Wildman–Crippen LogP) is 1.12. The second kappa shape index (κ2) is 6.01. The normalized spacial score (nSPS) is 18.7. The molecule has 1 fully saturated rings. The van der Waals surface area contributed by atoms with E-state index in [1.54, 1.807) is 4.90 Å². The van der Waals surface area contributed by atoms with Gasteiger partial charge in [-0.25, -0.2) is 9.97 Å². The SMILES string of the molecule is COc1cnc(N2CC(CSC(C)=O)CC2=O)cn1. The molecule has 6 nitrogen and oxygen atoms in total. The molecule has 7 heteroatoms. The van der Waals surface area contributed by atoms with E-state index in [1.807, 2.05) is 0 Å². The molecular formula is C12H15N3O3S. The van der Waals surface area contributed by atoms with Crippen LogP contribution in [0.15, 0.2) is 12.4 Å². The molecule has 0 aromatic carbocycles. The Hall–Kier alpha value is -1.63. The van der Waals surface area contributed by atoms with Crippen LogP contribution < -0.4 is 9.64 Å². The topological polar surface area (TPSA) is 72.4 Å². The Kier molecular flexibility index (Phi) is 4.36. The van der Waals surface area contributed by atoms with Crippen molar-refractivity contribution in [3.63, 3.8) is 0 Å². The Bertz CT molecular complexity index is 478. The molecule has 2 heterocycles. The number of carbonyl (C=O) groups excluding carboxylic acids is 2. The van der Waals surface area contributed by atoms with Crippen LogP contribution in [0.4, 0.5) is 5.82 Å². The monoisotopic (exact) mass is 281 g/mol. The van der Waals surface area contributed by atoms with Crippen LogP contribution in [-0.4, -0.2) is 40.4 Å². The molecule has 1 aliphatic rings. The molecule has 1 aliphatic heterocycles. The number of methoxy groups -OCH3 is 1. The van der Waals surface area contributed by atoms with E-state index in [2.05, 4.69) is 9.97 Å². The summed E-state index contributed by atoms with van der Waals surface area (Å²) in [5.41, 5.74) is 0. The highest BCUT2D eigenvalue weighted by atomic mass is 32.2. The Balaban J connectivity index is 2.00. The maximum atomic E-state index is 11.9. The predicted molar refractivity (Wildman–Crippen MR) is 72.2 cm³/mol. The van der Waals surface area contributed by atoms with Gasteiger partial charge in [0.2, 0.25) is 11.8 Å². The Morgan fingerprint density at radius 1 is 1.53 bits per heavy atom. The minimum Gasteiger partial charge on any atom is -0.480 e. The Morgan fingerprint density at radius 2 is 2.32 bits per heavy atom. The third-order valence-corrected chi connectivity index (χ3v) is 3.87. The summed E-state index contributed by atoms with van der Waals surface area (Å²) < 4.78 is 4.93. The average molecular weight is 281 g/mol. The lowest BCUT2D eigenvalue weighted by Gasteiger charge is -2.15. The number of ether oxygens (including phenoxy) is 1. The van der Waals surface area contributed by atoms with Crippen molar-refractivity contribution in [3.8, 4) is 5.88 Å². The van der Waals surface area contributed by atoms with Crippen LogP contribution in [0.25, 0.3) is 0 Å². The number of aromatic nitrogens is 2. The Labute approximate surface area is 115 Å². The summed E-state index contributed by atoms with van der Waals surface area (Å²) in [6.07, 6.45) is 3.46. The van der Waals surface area contributed by atoms with Crippen molar-refractivity contribution in [1.29, 1.82) is 0 Å². The van der Waals surface area contributed by atoms with Crippen LogP contribution in [0.5, 0.6) is 5.88 Å². The molecule has 1 aromatic rings. The van der Waals surface area contributed by atoms with Gasteiger partial charge in [-0.2, -0.15) is 0 Å². The Morgan fingerprint density at radius 3 is 2.89 bits per heavy atom. The molecule has 19 heavy (non-hydrogen) atoms. The first kappa shape index (κ1) is 13.8. The van der Waals surface area contributed by atoms with Crippen molar-refractivity contribution >= 4 is 28.6 Å². The summed E-state index contributed by atoms with van der Waals surface area (Å²) in [6, 6.07) is 0. The first-order valence-corrected chi connectivity index (χ1v) is 6.88. The minimum absolute atomic E-state index is 0.0219. The molecule has 0 saturated carbocycles. The highest BCUT2D eigenvalue weighted by Crippen LogP contribution is 2.26. The highest BCUT2D eigenvalue weighted by molar-refractivity contribution is 8.13. The zero-order chi connectivity index (χ0) is 13.8. The van der Waals surface area contributed by atoms with Gasteiger partial charge >= 0.3 is 0 Å². The molecule has 1 unspecified atom stereocenters. The maximum absolute atomic E-state index is 11.9. The largest absolute Gasteiger partial charge is 0.480 e. The molecule has 1 amide bonds. The van der Waals surface area contributed by atoms with Crippen LogP contribution >= 0.6 is 11.8 Å². The standard InChI is InChI=1S/C12H15N3O3S/c1-8(16)19-7-9-3-12(17)15(6-9)10-4-14-11(18-2)5-13-10/h4-5,9H,3,6-7H2,1-2H3. The van der Waals surface area contributed by atoms with E-state index >= 15 is 0 Å².